The van der Waals surface area contributed by atoms with Gasteiger partial charge in [0.25, 0.3) is 0 Å². The van der Waals surface area contributed by atoms with Gasteiger partial charge in [-0.25, -0.2) is 0 Å². The zero-order chi connectivity index (χ0) is 10.4. The molecule has 2 nitrogen and oxygen atoms in total. The van der Waals surface area contributed by atoms with E-state index in [0.29, 0.717) is 0 Å². The molecule has 78 valence electrons. The lowest BCUT2D eigenvalue weighted by Crippen LogP contribution is -2.16. The molecule has 0 aliphatic rings. The molecule has 1 rings (SSSR count). The predicted molar refractivity (Wildman–Crippen MR) is 59.3 cm³/mol. The van der Waals surface area contributed by atoms with Crippen LogP contribution in [-0.4, -0.2) is 18.2 Å². The number of benzene rings is 1. The van der Waals surface area contributed by atoms with Crippen LogP contribution in [0.2, 0.25) is 0 Å². The number of aliphatic hydroxyl groups is 1. The smallest absolute Gasteiger partial charge is 0.0802 e. The second-order valence-electron chi connectivity index (χ2n) is 3.57. The Kier molecular flexibility index (Phi) is 4.63. The number of nitrogens with one attached hydrogen (secondary N) is 1. The fourth-order valence-electron chi connectivity index (χ4n) is 1.37. The summed E-state index contributed by atoms with van der Waals surface area (Å²) in [7, 11) is 0. The number of aliphatic hydroxyl groups excluding tert-OH is 1. The summed E-state index contributed by atoms with van der Waals surface area (Å²) >= 11 is 0. The summed E-state index contributed by atoms with van der Waals surface area (Å²) in [5, 5.41) is 13.0. The Balaban J connectivity index is 2.43. The Morgan fingerprint density at radius 2 is 1.93 bits per heavy atom. The maximum Gasteiger partial charge on any atom is 0.0802 e. The maximum atomic E-state index is 9.80. The van der Waals surface area contributed by atoms with E-state index in [0.717, 1.165) is 25.1 Å². The van der Waals surface area contributed by atoms with Gasteiger partial charge in [0.2, 0.25) is 0 Å². The largest absolute Gasteiger partial charge is 0.388 e. The van der Waals surface area contributed by atoms with Crippen molar-refractivity contribution in [2.45, 2.75) is 26.4 Å². The fraction of sp³-hybridized carbons (Fsp3) is 0.500. The Labute approximate surface area is 86.0 Å². The lowest BCUT2D eigenvalue weighted by Gasteiger charge is -2.11. The van der Waals surface area contributed by atoms with Gasteiger partial charge < -0.3 is 10.4 Å². The third kappa shape index (κ3) is 3.48. The molecular weight excluding hydrogens is 174 g/mol. The highest BCUT2D eigenvalue weighted by molar-refractivity contribution is 5.22. The molecule has 0 saturated carbocycles. The van der Waals surface area contributed by atoms with E-state index in [-0.39, 0.29) is 6.10 Å². The molecule has 0 saturated heterocycles. The van der Waals surface area contributed by atoms with E-state index in [1.165, 1.54) is 5.56 Å². The van der Waals surface area contributed by atoms with Crippen LogP contribution in [0.25, 0.3) is 0 Å². The Bertz CT molecular complexity index is 256. The van der Waals surface area contributed by atoms with E-state index in [9.17, 15) is 5.11 Å². The molecule has 0 fully saturated rings. The summed E-state index contributed by atoms with van der Waals surface area (Å²) in [6.45, 7) is 5.94. The predicted octanol–water partition coefficient (Wildman–Crippen LogP) is 2.03. The fourth-order valence-corrected chi connectivity index (χ4v) is 1.37. The molecule has 0 amide bonds. The van der Waals surface area contributed by atoms with Crippen molar-refractivity contribution < 1.29 is 5.11 Å². The van der Waals surface area contributed by atoms with Crippen LogP contribution in [0, 0.1) is 6.92 Å². The molecule has 2 N–H and O–H groups in total. The lowest BCUT2D eigenvalue weighted by atomic mass is 10.1. The molecule has 0 radical (unpaired) electrons. The minimum atomic E-state index is -0.338. The first-order valence-electron chi connectivity index (χ1n) is 5.19. The van der Waals surface area contributed by atoms with E-state index >= 15 is 0 Å². The van der Waals surface area contributed by atoms with Crippen LogP contribution in [0.5, 0.6) is 0 Å². The van der Waals surface area contributed by atoms with Gasteiger partial charge in [0, 0.05) is 0 Å². The van der Waals surface area contributed by atoms with E-state index in [1.807, 2.05) is 24.3 Å². The molecule has 1 unspecified atom stereocenters. The average Bonchev–Trinajstić information content (AvgIpc) is 2.19. The molecule has 14 heavy (non-hydrogen) atoms. The van der Waals surface area contributed by atoms with Gasteiger partial charge in [-0.05, 0) is 32.0 Å². The Hall–Kier alpha value is -0.860. The van der Waals surface area contributed by atoms with Gasteiger partial charge in [0.15, 0.2) is 0 Å². The van der Waals surface area contributed by atoms with E-state index in [2.05, 4.69) is 19.2 Å². The third-order valence-electron chi connectivity index (χ3n) is 2.31. The molecule has 0 bridgehead atoms. The number of aryl methyl sites for hydroxylation is 1. The van der Waals surface area contributed by atoms with E-state index in [4.69, 9.17) is 0 Å². The first kappa shape index (κ1) is 11.2. The highest BCUT2D eigenvalue weighted by Crippen LogP contribution is 2.16. The second kappa shape index (κ2) is 5.78. The first-order chi connectivity index (χ1) is 6.74. The van der Waals surface area contributed by atoms with Crippen LogP contribution in [-0.2, 0) is 0 Å². The lowest BCUT2D eigenvalue weighted by molar-refractivity contribution is 0.167. The molecule has 0 aromatic heterocycles. The number of hydrogen-bond acceptors (Lipinski definition) is 2. The van der Waals surface area contributed by atoms with Crippen LogP contribution in [0.4, 0.5) is 0 Å². The van der Waals surface area contributed by atoms with Gasteiger partial charge >= 0.3 is 0 Å². The normalized spacial score (nSPS) is 12.8. The maximum absolute atomic E-state index is 9.80. The number of hydrogen-bond donors (Lipinski definition) is 2. The Morgan fingerprint density at radius 3 is 2.50 bits per heavy atom. The highest BCUT2D eigenvalue weighted by atomic mass is 16.3. The SMILES string of the molecule is CCNCCC(O)c1ccc(C)cc1. The topological polar surface area (TPSA) is 32.3 Å². The average molecular weight is 193 g/mol. The quantitative estimate of drug-likeness (QED) is 0.701. The van der Waals surface area contributed by atoms with Crippen molar-refractivity contribution in [3.8, 4) is 0 Å². The van der Waals surface area contributed by atoms with Gasteiger partial charge in [0.05, 0.1) is 6.10 Å². The summed E-state index contributed by atoms with van der Waals surface area (Å²) in [6.07, 6.45) is 0.436. The molecular formula is C12H19NO. The summed E-state index contributed by atoms with van der Waals surface area (Å²) < 4.78 is 0. The van der Waals surface area contributed by atoms with Crippen LogP contribution < -0.4 is 5.32 Å². The van der Waals surface area contributed by atoms with Crippen molar-refractivity contribution >= 4 is 0 Å². The van der Waals surface area contributed by atoms with Crippen LogP contribution >= 0.6 is 0 Å². The molecule has 2 heteroatoms. The van der Waals surface area contributed by atoms with Crippen molar-refractivity contribution in [3.05, 3.63) is 35.4 Å². The van der Waals surface area contributed by atoms with Gasteiger partial charge in [-0.15, -0.1) is 0 Å². The molecule has 0 spiro atoms. The van der Waals surface area contributed by atoms with Crippen LogP contribution in [0.1, 0.15) is 30.6 Å². The summed E-state index contributed by atoms with van der Waals surface area (Å²) in [4.78, 5) is 0. The van der Waals surface area contributed by atoms with Crippen molar-refractivity contribution in [2.75, 3.05) is 13.1 Å². The van der Waals surface area contributed by atoms with Gasteiger partial charge in [-0.3, -0.25) is 0 Å². The van der Waals surface area contributed by atoms with Crippen LogP contribution in [0.15, 0.2) is 24.3 Å². The van der Waals surface area contributed by atoms with Crippen molar-refractivity contribution in [2.24, 2.45) is 0 Å². The molecule has 0 aliphatic carbocycles. The molecule has 0 heterocycles. The molecule has 1 aromatic rings. The highest BCUT2D eigenvalue weighted by Gasteiger charge is 2.05. The minimum Gasteiger partial charge on any atom is -0.388 e. The molecule has 1 aromatic carbocycles. The first-order valence-corrected chi connectivity index (χ1v) is 5.19. The monoisotopic (exact) mass is 193 g/mol. The zero-order valence-corrected chi connectivity index (χ0v) is 8.96. The third-order valence-corrected chi connectivity index (χ3v) is 2.31. The van der Waals surface area contributed by atoms with Crippen molar-refractivity contribution in [1.82, 2.24) is 5.32 Å². The van der Waals surface area contributed by atoms with E-state index in [1.54, 1.807) is 0 Å². The summed E-state index contributed by atoms with van der Waals surface area (Å²) in [5.41, 5.74) is 2.24. The standard InChI is InChI=1S/C12H19NO/c1-3-13-9-8-12(14)11-6-4-10(2)5-7-11/h4-7,12-14H,3,8-9H2,1-2H3. The minimum absolute atomic E-state index is 0.338. The Morgan fingerprint density at radius 1 is 1.29 bits per heavy atom. The number of rotatable bonds is 5. The van der Waals surface area contributed by atoms with Gasteiger partial charge in [-0.2, -0.15) is 0 Å². The van der Waals surface area contributed by atoms with Gasteiger partial charge in [-0.1, -0.05) is 36.8 Å². The van der Waals surface area contributed by atoms with Crippen LogP contribution in [0.3, 0.4) is 0 Å². The molecule has 1 atom stereocenters. The van der Waals surface area contributed by atoms with Crippen molar-refractivity contribution in [3.63, 3.8) is 0 Å². The molecule has 0 aliphatic heterocycles. The summed E-state index contributed by atoms with van der Waals surface area (Å²) in [5.74, 6) is 0. The van der Waals surface area contributed by atoms with Gasteiger partial charge in [0.1, 0.15) is 0 Å². The van der Waals surface area contributed by atoms with Crippen molar-refractivity contribution in [1.29, 1.82) is 0 Å². The van der Waals surface area contributed by atoms with E-state index < -0.39 is 0 Å². The second-order valence-corrected chi connectivity index (χ2v) is 3.57. The zero-order valence-electron chi connectivity index (χ0n) is 8.96. The summed E-state index contributed by atoms with van der Waals surface area (Å²) in [6, 6.07) is 8.05.